The zero-order chi connectivity index (χ0) is 14.1. The van der Waals surface area contributed by atoms with E-state index in [0.717, 1.165) is 67.6 Å². The molecule has 3 rings (SSSR count). The van der Waals surface area contributed by atoms with Gasteiger partial charge in [-0.25, -0.2) is 0 Å². The molecule has 0 spiro atoms. The summed E-state index contributed by atoms with van der Waals surface area (Å²) in [5.74, 6) is 1.71. The normalized spacial score (nSPS) is 26.4. The van der Waals surface area contributed by atoms with Crippen LogP contribution in [0.25, 0.3) is 0 Å². The second-order valence-corrected chi connectivity index (χ2v) is 6.79. The molecule has 1 aromatic heterocycles. The molecule has 2 atom stereocenters. The monoisotopic (exact) mass is 339 g/mol. The minimum atomic E-state index is 0.186. The van der Waals surface area contributed by atoms with Crippen molar-refractivity contribution in [3.63, 3.8) is 0 Å². The third-order valence-electron chi connectivity index (χ3n) is 4.73. The van der Waals surface area contributed by atoms with Gasteiger partial charge in [0.1, 0.15) is 5.69 Å². The lowest BCUT2D eigenvalue weighted by Crippen LogP contribution is -2.34. The molecule has 3 heterocycles. The van der Waals surface area contributed by atoms with Gasteiger partial charge in [-0.15, -0.1) is 0 Å². The van der Waals surface area contributed by atoms with Gasteiger partial charge in [-0.3, -0.25) is 4.79 Å². The number of halogens is 1. The van der Waals surface area contributed by atoms with Gasteiger partial charge in [-0.2, -0.15) is 0 Å². The predicted molar refractivity (Wildman–Crippen MR) is 82.8 cm³/mol. The van der Waals surface area contributed by atoms with E-state index in [4.69, 9.17) is 0 Å². The summed E-state index contributed by atoms with van der Waals surface area (Å²) in [4.78, 5) is 14.8. The highest BCUT2D eigenvalue weighted by molar-refractivity contribution is 9.10. The lowest BCUT2D eigenvalue weighted by Gasteiger charge is -2.21. The molecule has 0 bridgehead atoms. The minimum absolute atomic E-state index is 0.186. The molecule has 0 unspecified atom stereocenters. The number of hydrogen-bond donors (Lipinski definition) is 1. The number of nitrogens with one attached hydrogen (secondary N) is 1. The predicted octanol–water partition coefficient (Wildman–Crippen LogP) is 2.34. The fourth-order valence-electron chi connectivity index (χ4n) is 3.50. The highest BCUT2D eigenvalue weighted by Crippen LogP contribution is 2.28. The highest BCUT2D eigenvalue weighted by atomic mass is 79.9. The highest BCUT2D eigenvalue weighted by Gasteiger charge is 2.32. The number of aryl methyl sites for hydroxylation is 1. The lowest BCUT2D eigenvalue weighted by atomic mass is 9.92. The Bertz CT molecular complexity index is 485. The molecule has 0 aromatic carbocycles. The summed E-state index contributed by atoms with van der Waals surface area (Å²) in [6.07, 6.45) is 4.26. The summed E-state index contributed by atoms with van der Waals surface area (Å²) in [6, 6.07) is 1.94. The first-order chi connectivity index (χ1) is 9.69. The Morgan fingerprint density at radius 1 is 1.35 bits per heavy atom. The summed E-state index contributed by atoms with van der Waals surface area (Å²) in [5.41, 5.74) is 0.810. The first kappa shape index (κ1) is 14.1. The van der Waals surface area contributed by atoms with Crippen LogP contribution in [0.2, 0.25) is 0 Å². The number of carbonyl (C=O) groups is 1. The van der Waals surface area contributed by atoms with E-state index in [2.05, 4.69) is 28.2 Å². The van der Waals surface area contributed by atoms with Gasteiger partial charge in [0.2, 0.25) is 0 Å². The standard InChI is InChI=1S/C15H22BrN3O/c1-2-18-10-13(16)7-14(18)15(20)19-5-3-11-8-17-9-12(11)4-6-19/h7,10-12,17H,2-6,8-9H2,1H3/t11-,12+. The largest absolute Gasteiger partial charge is 0.343 e. The zero-order valence-corrected chi connectivity index (χ0v) is 13.5. The molecule has 1 amide bonds. The van der Waals surface area contributed by atoms with Gasteiger partial charge in [0.05, 0.1) is 0 Å². The van der Waals surface area contributed by atoms with Gasteiger partial charge in [-0.1, -0.05) is 0 Å². The molecule has 1 N–H and O–H groups in total. The number of hydrogen-bond acceptors (Lipinski definition) is 2. The van der Waals surface area contributed by atoms with Crippen molar-refractivity contribution in [1.29, 1.82) is 0 Å². The molecule has 2 fully saturated rings. The van der Waals surface area contributed by atoms with Crippen LogP contribution in [0.5, 0.6) is 0 Å². The van der Waals surface area contributed by atoms with E-state index < -0.39 is 0 Å². The Hall–Kier alpha value is -0.810. The Balaban J connectivity index is 1.73. The summed E-state index contributed by atoms with van der Waals surface area (Å²) in [6.45, 7) is 6.95. The van der Waals surface area contributed by atoms with E-state index in [-0.39, 0.29) is 5.91 Å². The van der Waals surface area contributed by atoms with E-state index in [9.17, 15) is 4.79 Å². The van der Waals surface area contributed by atoms with Crippen LogP contribution in [0.15, 0.2) is 16.7 Å². The zero-order valence-electron chi connectivity index (χ0n) is 11.9. The summed E-state index contributed by atoms with van der Waals surface area (Å²) in [7, 11) is 0. The maximum atomic E-state index is 12.7. The maximum Gasteiger partial charge on any atom is 0.270 e. The third kappa shape index (κ3) is 2.66. The molecule has 2 aliphatic rings. The van der Waals surface area contributed by atoms with Crippen molar-refractivity contribution in [2.75, 3.05) is 26.2 Å². The van der Waals surface area contributed by atoms with Gasteiger partial charge >= 0.3 is 0 Å². The number of amides is 1. The molecule has 0 radical (unpaired) electrons. The molecule has 0 saturated carbocycles. The molecular weight excluding hydrogens is 318 g/mol. The minimum Gasteiger partial charge on any atom is -0.343 e. The van der Waals surface area contributed by atoms with Crippen molar-refractivity contribution < 1.29 is 4.79 Å². The van der Waals surface area contributed by atoms with Crippen LogP contribution in [-0.4, -0.2) is 41.6 Å². The number of aromatic nitrogens is 1. The number of carbonyl (C=O) groups excluding carboxylic acids is 1. The van der Waals surface area contributed by atoms with E-state index in [1.165, 1.54) is 0 Å². The number of nitrogens with zero attached hydrogens (tertiary/aromatic N) is 2. The van der Waals surface area contributed by atoms with Crippen molar-refractivity contribution >= 4 is 21.8 Å². The van der Waals surface area contributed by atoms with Crippen molar-refractivity contribution in [3.8, 4) is 0 Å². The van der Waals surface area contributed by atoms with E-state index in [1.807, 2.05) is 21.7 Å². The molecule has 0 aliphatic carbocycles. The van der Waals surface area contributed by atoms with E-state index in [1.54, 1.807) is 0 Å². The Morgan fingerprint density at radius 3 is 2.60 bits per heavy atom. The van der Waals surface area contributed by atoms with Gasteiger partial charge in [0.15, 0.2) is 0 Å². The first-order valence-corrected chi connectivity index (χ1v) is 8.34. The van der Waals surface area contributed by atoms with Gasteiger partial charge < -0.3 is 14.8 Å². The fraction of sp³-hybridized carbons (Fsp3) is 0.667. The van der Waals surface area contributed by atoms with Crippen molar-refractivity contribution in [3.05, 3.63) is 22.4 Å². The summed E-state index contributed by atoms with van der Waals surface area (Å²) >= 11 is 3.47. The molecule has 5 heteroatoms. The van der Waals surface area contributed by atoms with Gasteiger partial charge in [0, 0.05) is 30.3 Å². The average Bonchev–Trinajstić information content (AvgIpc) is 3.00. The maximum absolute atomic E-state index is 12.7. The van der Waals surface area contributed by atoms with Crippen LogP contribution >= 0.6 is 15.9 Å². The fourth-order valence-corrected chi connectivity index (χ4v) is 3.96. The van der Waals surface area contributed by atoms with Crippen LogP contribution in [0.3, 0.4) is 0 Å². The number of likely N-dealkylation sites (tertiary alicyclic amines) is 1. The quantitative estimate of drug-likeness (QED) is 0.897. The van der Waals surface area contributed by atoms with Crippen LogP contribution in [0.4, 0.5) is 0 Å². The van der Waals surface area contributed by atoms with Crippen molar-refractivity contribution in [2.24, 2.45) is 11.8 Å². The van der Waals surface area contributed by atoms with Crippen molar-refractivity contribution in [2.45, 2.75) is 26.3 Å². The molecule has 2 aliphatic heterocycles. The number of rotatable bonds is 2. The van der Waals surface area contributed by atoms with Crippen molar-refractivity contribution in [1.82, 2.24) is 14.8 Å². The van der Waals surface area contributed by atoms with Gasteiger partial charge in [0.25, 0.3) is 5.91 Å². The summed E-state index contributed by atoms with van der Waals surface area (Å²) in [5, 5.41) is 3.48. The molecule has 1 aromatic rings. The van der Waals surface area contributed by atoms with Crippen LogP contribution in [0.1, 0.15) is 30.3 Å². The second-order valence-electron chi connectivity index (χ2n) is 5.88. The van der Waals surface area contributed by atoms with Crippen LogP contribution in [-0.2, 0) is 6.54 Å². The second kappa shape index (κ2) is 5.90. The molecule has 4 nitrogen and oxygen atoms in total. The van der Waals surface area contributed by atoms with Crippen LogP contribution < -0.4 is 5.32 Å². The third-order valence-corrected chi connectivity index (χ3v) is 5.16. The van der Waals surface area contributed by atoms with E-state index >= 15 is 0 Å². The molecule has 20 heavy (non-hydrogen) atoms. The van der Waals surface area contributed by atoms with Gasteiger partial charge in [-0.05, 0) is 66.7 Å². The first-order valence-electron chi connectivity index (χ1n) is 7.54. The summed E-state index contributed by atoms with van der Waals surface area (Å²) < 4.78 is 3.01. The molecular formula is C15H22BrN3O. The lowest BCUT2D eigenvalue weighted by molar-refractivity contribution is 0.0748. The topological polar surface area (TPSA) is 37.3 Å². The SMILES string of the molecule is CCn1cc(Br)cc1C(=O)N1CC[C@@H]2CNC[C@@H]2CC1. The Kier molecular flexibility index (Phi) is 4.17. The molecule has 110 valence electrons. The molecule has 2 saturated heterocycles. The Labute approximate surface area is 128 Å². The smallest absolute Gasteiger partial charge is 0.270 e. The van der Waals surface area contributed by atoms with E-state index in [0.29, 0.717) is 0 Å². The van der Waals surface area contributed by atoms with Crippen LogP contribution in [0, 0.1) is 11.8 Å². The average molecular weight is 340 g/mol. The Morgan fingerprint density at radius 2 is 2.00 bits per heavy atom. The number of fused-ring (bicyclic) bond motifs is 1.